The Bertz CT molecular complexity index is 1460. The van der Waals surface area contributed by atoms with Crippen molar-refractivity contribution in [2.24, 2.45) is 0 Å². The van der Waals surface area contributed by atoms with E-state index >= 15 is 0 Å². The predicted molar refractivity (Wildman–Crippen MR) is 151 cm³/mol. The number of fused-ring (bicyclic) bond motifs is 6. The van der Waals surface area contributed by atoms with Crippen molar-refractivity contribution in [3.63, 3.8) is 0 Å². The minimum atomic E-state index is -0.412. The maximum Gasteiger partial charge on any atom is 2.00 e. The Labute approximate surface area is 221 Å². The summed E-state index contributed by atoms with van der Waals surface area (Å²) in [5.74, 6) is 0. The molecule has 0 unspecified atom stereocenters. The molecule has 164 valence electrons. The van der Waals surface area contributed by atoms with E-state index in [0.29, 0.717) is 0 Å². The Morgan fingerprint density at radius 1 is 0.706 bits per heavy atom. The molecule has 4 aromatic rings. The zero-order valence-electron chi connectivity index (χ0n) is 20.8. The minimum absolute atomic E-state index is 0. The number of benzene rings is 4. The molecule has 0 bridgehead atoms. The van der Waals surface area contributed by atoms with Crippen LogP contribution in [0.1, 0.15) is 49.9 Å². The zero-order chi connectivity index (χ0) is 22.9. The molecule has 0 N–H and O–H groups in total. The van der Waals surface area contributed by atoms with Crippen molar-refractivity contribution in [3.05, 3.63) is 118 Å². The molecule has 6 rings (SSSR count). The predicted octanol–water partition coefficient (Wildman–Crippen LogP) is 7.70. The topological polar surface area (TPSA) is 0 Å². The van der Waals surface area contributed by atoms with Gasteiger partial charge in [0.05, 0.1) is 0 Å². The molecule has 0 radical (unpaired) electrons. The van der Waals surface area contributed by atoms with Crippen LogP contribution >= 0.6 is 0 Å². The maximum atomic E-state index is 3.64. The van der Waals surface area contributed by atoms with E-state index in [4.69, 9.17) is 0 Å². The fourth-order valence-corrected chi connectivity index (χ4v) is 7.67. The van der Waals surface area contributed by atoms with Crippen LogP contribution in [0.5, 0.6) is 0 Å². The molecule has 0 aromatic heterocycles. The molecule has 34 heavy (non-hydrogen) atoms. The third kappa shape index (κ3) is 4.52. The van der Waals surface area contributed by atoms with Gasteiger partial charge in [-0.2, -0.15) is 11.6 Å². The molecule has 0 nitrogen and oxygen atoms in total. The van der Waals surface area contributed by atoms with Gasteiger partial charge in [-0.25, -0.2) is 0 Å². The Kier molecular flexibility index (Phi) is 7.71. The van der Waals surface area contributed by atoms with Crippen LogP contribution in [0.15, 0.2) is 83.9 Å². The minimum Gasteiger partial charge on any atom is -0.182 e. The van der Waals surface area contributed by atoms with Gasteiger partial charge in [0.2, 0.25) is 0 Å². The number of hydrogen-bond acceptors (Lipinski definition) is 0. The van der Waals surface area contributed by atoms with Gasteiger partial charge >= 0.3 is 23.1 Å². The molecular formula is C32H30MgSi. The van der Waals surface area contributed by atoms with E-state index in [9.17, 15) is 0 Å². The third-order valence-electron chi connectivity index (χ3n) is 6.90. The summed E-state index contributed by atoms with van der Waals surface area (Å²) in [6.07, 6.45) is 8.17. The normalized spacial score (nSPS) is 13.5. The summed E-state index contributed by atoms with van der Waals surface area (Å²) >= 11 is 0. The van der Waals surface area contributed by atoms with Crippen LogP contribution in [0.2, 0.25) is 12.1 Å². The number of rotatable bonds is 2. The summed E-state index contributed by atoms with van der Waals surface area (Å²) in [4.78, 5) is 0. The van der Waals surface area contributed by atoms with Crippen molar-refractivity contribution in [1.82, 2.24) is 0 Å². The van der Waals surface area contributed by atoms with Gasteiger partial charge in [0.15, 0.2) is 0 Å². The molecule has 2 aliphatic carbocycles. The van der Waals surface area contributed by atoms with Gasteiger partial charge in [0, 0.05) is 0 Å². The van der Waals surface area contributed by atoms with Gasteiger partial charge in [0.25, 0.3) is 0 Å². The van der Waals surface area contributed by atoms with Crippen molar-refractivity contribution in [1.29, 1.82) is 0 Å². The van der Waals surface area contributed by atoms with E-state index in [1.807, 2.05) is 0 Å². The van der Waals surface area contributed by atoms with E-state index in [2.05, 4.69) is 113 Å². The average molecular weight is 467 g/mol. The van der Waals surface area contributed by atoms with Crippen LogP contribution in [-0.4, -0.2) is 36.6 Å². The summed E-state index contributed by atoms with van der Waals surface area (Å²) < 4.78 is 0. The van der Waals surface area contributed by atoms with Crippen LogP contribution in [0.25, 0.3) is 21.5 Å². The molecule has 2 aliphatic rings. The first kappa shape index (κ1) is 24.8. The van der Waals surface area contributed by atoms with Gasteiger partial charge in [-0.15, -0.1) is 62.7 Å². The smallest absolute Gasteiger partial charge is 0.182 e. The Morgan fingerprint density at radius 3 is 1.94 bits per heavy atom. The van der Waals surface area contributed by atoms with Gasteiger partial charge in [0.1, 0.15) is 0 Å². The van der Waals surface area contributed by atoms with Gasteiger partial charge in [-0.3, -0.25) is 0 Å². The molecule has 0 amide bonds. The summed E-state index contributed by atoms with van der Waals surface area (Å²) in [6.45, 7) is 9.04. The third-order valence-corrected chi connectivity index (χ3v) is 9.96. The molecule has 0 saturated carbocycles. The fraction of sp³-hybridized carbons (Fsp3) is 0.219. The first-order valence-electron chi connectivity index (χ1n) is 12.1. The van der Waals surface area contributed by atoms with E-state index in [0.717, 1.165) is 6.42 Å². The summed E-state index contributed by atoms with van der Waals surface area (Å²) in [5.41, 5.74) is 8.23. The number of hydrogen-bond donors (Lipinski definition) is 0. The van der Waals surface area contributed by atoms with Crippen LogP contribution in [0.4, 0.5) is 0 Å². The maximum absolute atomic E-state index is 3.64. The second kappa shape index (κ2) is 10.6. The van der Waals surface area contributed by atoms with Gasteiger partial charge in [-0.05, 0) is 8.41 Å². The second-order valence-electron chi connectivity index (χ2n) is 9.05. The largest absolute Gasteiger partial charge is 2.00 e. The van der Waals surface area contributed by atoms with Crippen molar-refractivity contribution in [3.8, 4) is 0 Å². The van der Waals surface area contributed by atoms with E-state index < -0.39 is 8.41 Å². The molecule has 0 saturated heterocycles. The van der Waals surface area contributed by atoms with Gasteiger partial charge < -0.3 is 0 Å². The van der Waals surface area contributed by atoms with E-state index in [1.165, 1.54) is 67.0 Å². The van der Waals surface area contributed by atoms with E-state index in [1.54, 1.807) is 5.17 Å². The molecule has 4 aromatic carbocycles. The summed E-state index contributed by atoms with van der Waals surface area (Å²) in [6, 6.07) is 28.8. The van der Waals surface area contributed by atoms with Crippen LogP contribution in [-0.2, 0) is 6.42 Å². The zero-order valence-corrected chi connectivity index (χ0v) is 23.2. The first-order valence-corrected chi connectivity index (χ1v) is 14.0. The molecule has 0 heterocycles. The molecule has 0 spiro atoms. The van der Waals surface area contributed by atoms with Crippen molar-refractivity contribution in [2.75, 3.05) is 0 Å². The molecular weight excluding hydrogens is 437 g/mol. The van der Waals surface area contributed by atoms with Crippen molar-refractivity contribution < 1.29 is 0 Å². The molecule has 0 aliphatic heterocycles. The SMILES string of the molecule is CC1=[C-]c2c(ccc3ccccc23)C1.CC[Si](CC)=C1C(C)=[C-]c2c1ccc1ccccc21.[Mg+2]. The Hall–Kier alpha value is -2.27. The molecule has 0 atom stereocenters. The fourth-order valence-electron chi connectivity index (χ4n) is 5.28. The van der Waals surface area contributed by atoms with Gasteiger partial charge in [-0.1, -0.05) is 117 Å². The standard InChI is InChI=1S/C18H19Si.C14H11.Mg/c1-4-19(5-2)18-13(3)12-17-15-9-7-6-8-14(15)10-11-16(17)18;1-10-8-12-7-6-11-4-2-3-5-13(11)14(12)9-10;/h6-11H,4-5H2,1-3H3;2-7H,8H2,1H3;/q2*-1;+2. The summed E-state index contributed by atoms with van der Waals surface area (Å²) in [7, 11) is -0.412. The number of allylic oxidation sites excluding steroid dienone is 2. The second-order valence-corrected chi connectivity index (χ2v) is 12.2. The first-order chi connectivity index (χ1) is 16.1. The van der Waals surface area contributed by atoms with Crippen molar-refractivity contribution in [2.45, 2.75) is 46.2 Å². The average Bonchev–Trinajstić information content (AvgIpc) is 3.40. The quantitative estimate of drug-likeness (QED) is 0.210. The van der Waals surface area contributed by atoms with Crippen molar-refractivity contribution >= 4 is 58.2 Å². The molecule has 2 heteroatoms. The Balaban J connectivity index is 0.000000163. The van der Waals surface area contributed by atoms with Crippen LogP contribution < -0.4 is 0 Å². The van der Waals surface area contributed by atoms with E-state index in [-0.39, 0.29) is 23.1 Å². The summed E-state index contributed by atoms with van der Waals surface area (Å²) in [5, 5.41) is 6.94. The monoisotopic (exact) mass is 466 g/mol. The van der Waals surface area contributed by atoms with Crippen LogP contribution in [0, 0.1) is 12.2 Å². The molecule has 0 fully saturated rings. The van der Waals surface area contributed by atoms with Crippen LogP contribution in [0.3, 0.4) is 0 Å². The Morgan fingerprint density at radius 2 is 1.29 bits per heavy atom.